The maximum atomic E-state index is 12.2. The van der Waals surface area contributed by atoms with Gasteiger partial charge in [0.1, 0.15) is 0 Å². The van der Waals surface area contributed by atoms with Crippen molar-refractivity contribution in [3.63, 3.8) is 0 Å². The van der Waals surface area contributed by atoms with Gasteiger partial charge in [-0.1, -0.05) is 61.8 Å². The standard InChI is InChI=1S/C19H23ClN2O/c1-13(2)16-9-6-7-14(3)19(16)22-18(23)12-21-11-15-8-4-5-10-17(15)20/h4-10,13,21H,11-12H2,1-3H3,(H,22,23). The first-order chi connectivity index (χ1) is 11.0. The smallest absolute Gasteiger partial charge is 0.238 e. The van der Waals surface area contributed by atoms with E-state index in [2.05, 4.69) is 30.5 Å². The number of hydrogen-bond acceptors (Lipinski definition) is 2. The van der Waals surface area contributed by atoms with Crippen LogP contribution in [-0.4, -0.2) is 12.5 Å². The van der Waals surface area contributed by atoms with Crippen LogP contribution in [0.2, 0.25) is 5.02 Å². The van der Waals surface area contributed by atoms with Crippen LogP contribution in [0.1, 0.15) is 36.5 Å². The lowest BCUT2D eigenvalue weighted by Gasteiger charge is -2.16. The molecule has 0 aliphatic rings. The summed E-state index contributed by atoms with van der Waals surface area (Å²) in [5, 5.41) is 6.87. The SMILES string of the molecule is Cc1cccc(C(C)C)c1NC(=O)CNCc1ccccc1Cl. The topological polar surface area (TPSA) is 41.1 Å². The number of halogens is 1. The number of aryl methyl sites for hydroxylation is 1. The quantitative estimate of drug-likeness (QED) is 0.818. The molecule has 1 amide bonds. The molecule has 23 heavy (non-hydrogen) atoms. The van der Waals surface area contributed by atoms with Crippen LogP contribution in [-0.2, 0) is 11.3 Å². The third-order valence-corrected chi connectivity index (χ3v) is 4.12. The molecular formula is C19H23ClN2O. The Morgan fingerprint density at radius 3 is 2.57 bits per heavy atom. The molecule has 2 aromatic carbocycles. The van der Waals surface area contributed by atoms with Gasteiger partial charge < -0.3 is 10.6 Å². The molecule has 0 heterocycles. The highest BCUT2D eigenvalue weighted by atomic mass is 35.5. The van der Waals surface area contributed by atoms with Crippen LogP contribution in [0.15, 0.2) is 42.5 Å². The molecule has 0 saturated heterocycles. The van der Waals surface area contributed by atoms with E-state index in [0.717, 1.165) is 22.4 Å². The third kappa shape index (κ3) is 4.81. The number of benzene rings is 2. The summed E-state index contributed by atoms with van der Waals surface area (Å²) < 4.78 is 0. The fourth-order valence-corrected chi connectivity index (χ4v) is 2.68. The van der Waals surface area contributed by atoms with Gasteiger partial charge in [0.05, 0.1) is 6.54 Å². The average molecular weight is 331 g/mol. The number of anilines is 1. The summed E-state index contributed by atoms with van der Waals surface area (Å²) in [6.45, 7) is 7.08. The maximum absolute atomic E-state index is 12.2. The van der Waals surface area contributed by atoms with E-state index in [4.69, 9.17) is 11.6 Å². The number of hydrogen-bond donors (Lipinski definition) is 2. The zero-order valence-corrected chi connectivity index (χ0v) is 14.6. The van der Waals surface area contributed by atoms with E-state index in [9.17, 15) is 4.79 Å². The van der Waals surface area contributed by atoms with Gasteiger partial charge in [-0.3, -0.25) is 4.79 Å². The predicted molar refractivity (Wildman–Crippen MR) is 97.1 cm³/mol. The predicted octanol–water partition coefficient (Wildman–Crippen LogP) is 4.50. The summed E-state index contributed by atoms with van der Waals surface area (Å²) in [5.41, 5.74) is 4.15. The van der Waals surface area contributed by atoms with Crippen molar-refractivity contribution in [2.45, 2.75) is 33.2 Å². The van der Waals surface area contributed by atoms with Gasteiger partial charge in [0.25, 0.3) is 0 Å². The van der Waals surface area contributed by atoms with Crippen LogP contribution in [0.4, 0.5) is 5.69 Å². The van der Waals surface area contributed by atoms with E-state index in [1.54, 1.807) is 0 Å². The van der Waals surface area contributed by atoms with Crippen molar-refractivity contribution in [3.8, 4) is 0 Å². The summed E-state index contributed by atoms with van der Waals surface area (Å²) in [7, 11) is 0. The minimum atomic E-state index is -0.0479. The zero-order valence-electron chi connectivity index (χ0n) is 13.8. The summed E-state index contributed by atoms with van der Waals surface area (Å²) in [5.74, 6) is 0.314. The van der Waals surface area contributed by atoms with Crippen LogP contribution >= 0.6 is 11.6 Å². The molecule has 0 spiro atoms. The van der Waals surface area contributed by atoms with Gasteiger partial charge in [0.2, 0.25) is 5.91 Å². The van der Waals surface area contributed by atoms with Crippen LogP contribution in [0, 0.1) is 6.92 Å². The molecular weight excluding hydrogens is 308 g/mol. The average Bonchev–Trinajstić information content (AvgIpc) is 2.51. The lowest BCUT2D eigenvalue weighted by Crippen LogP contribution is -2.28. The van der Waals surface area contributed by atoms with Gasteiger partial charge in [0.15, 0.2) is 0 Å². The number of para-hydroxylation sites is 1. The second kappa shape index (κ2) is 8.14. The molecule has 0 fully saturated rings. The van der Waals surface area contributed by atoms with Crippen LogP contribution < -0.4 is 10.6 Å². The van der Waals surface area contributed by atoms with E-state index >= 15 is 0 Å². The summed E-state index contributed by atoms with van der Waals surface area (Å²) >= 11 is 6.11. The van der Waals surface area contributed by atoms with E-state index < -0.39 is 0 Å². The highest BCUT2D eigenvalue weighted by Crippen LogP contribution is 2.27. The Morgan fingerprint density at radius 1 is 1.13 bits per heavy atom. The van der Waals surface area contributed by atoms with Gasteiger partial charge in [0, 0.05) is 17.3 Å². The fourth-order valence-electron chi connectivity index (χ4n) is 2.48. The highest BCUT2D eigenvalue weighted by Gasteiger charge is 2.11. The molecule has 4 heteroatoms. The van der Waals surface area contributed by atoms with Crippen molar-refractivity contribution in [2.24, 2.45) is 0 Å². The molecule has 0 bridgehead atoms. The first-order valence-electron chi connectivity index (χ1n) is 7.82. The monoisotopic (exact) mass is 330 g/mol. The Bertz CT molecular complexity index is 683. The molecule has 2 N–H and O–H groups in total. The van der Waals surface area contributed by atoms with Crippen LogP contribution in [0.5, 0.6) is 0 Å². The minimum Gasteiger partial charge on any atom is -0.324 e. The molecule has 0 radical (unpaired) electrons. The number of nitrogens with one attached hydrogen (secondary N) is 2. The molecule has 0 atom stereocenters. The lowest BCUT2D eigenvalue weighted by molar-refractivity contribution is -0.115. The zero-order chi connectivity index (χ0) is 16.8. The van der Waals surface area contributed by atoms with Crippen molar-refractivity contribution in [3.05, 3.63) is 64.2 Å². The third-order valence-electron chi connectivity index (χ3n) is 3.75. The molecule has 0 aliphatic heterocycles. The number of amides is 1. The first-order valence-corrected chi connectivity index (χ1v) is 8.20. The number of carbonyl (C=O) groups excluding carboxylic acids is 1. The summed E-state index contributed by atoms with van der Waals surface area (Å²) in [6.07, 6.45) is 0. The summed E-state index contributed by atoms with van der Waals surface area (Å²) in [4.78, 5) is 12.2. The number of rotatable bonds is 6. The van der Waals surface area contributed by atoms with Crippen LogP contribution in [0.25, 0.3) is 0 Å². The Kier molecular flexibility index (Phi) is 6.20. The maximum Gasteiger partial charge on any atom is 0.238 e. The van der Waals surface area contributed by atoms with Crippen molar-refractivity contribution >= 4 is 23.2 Å². The van der Waals surface area contributed by atoms with Gasteiger partial charge >= 0.3 is 0 Å². The molecule has 122 valence electrons. The Morgan fingerprint density at radius 2 is 1.87 bits per heavy atom. The van der Waals surface area contributed by atoms with Crippen molar-refractivity contribution < 1.29 is 4.79 Å². The van der Waals surface area contributed by atoms with E-state index in [0.29, 0.717) is 17.5 Å². The van der Waals surface area contributed by atoms with Gasteiger partial charge in [-0.2, -0.15) is 0 Å². The highest BCUT2D eigenvalue weighted by molar-refractivity contribution is 6.31. The lowest BCUT2D eigenvalue weighted by atomic mass is 9.98. The Hall–Kier alpha value is -1.84. The molecule has 0 aliphatic carbocycles. The second-order valence-corrected chi connectivity index (χ2v) is 6.34. The molecule has 3 nitrogen and oxygen atoms in total. The summed E-state index contributed by atoms with van der Waals surface area (Å²) in [6, 6.07) is 13.7. The normalized spacial score (nSPS) is 10.8. The van der Waals surface area contributed by atoms with Crippen molar-refractivity contribution in [1.29, 1.82) is 0 Å². The van der Waals surface area contributed by atoms with Gasteiger partial charge in [-0.25, -0.2) is 0 Å². The number of carbonyl (C=O) groups is 1. The Labute approximate surface area is 143 Å². The molecule has 0 unspecified atom stereocenters. The van der Waals surface area contributed by atoms with Crippen LogP contribution in [0.3, 0.4) is 0 Å². The molecule has 2 rings (SSSR count). The molecule has 0 aromatic heterocycles. The fraction of sp³-hybridized carbons (Fsp3) is 0.316. The first kappa shape index (κ1) is 17.5. The largest absolute Gasteiger partial charge is 0.324 e. The van der Waals surface area contributed by atoms with Gasteiger partial charge in [-0.15, -0.1) is 0 Å². The van der Waals surface area contributed by atoms with Crippen molar-refractivity contribution in [2.75, 3.05) is 11.9 Å². The van der Waals surface area contributed by atoms with E-state index in [-0.39, 0.29) is 12.5 Å². The molecule has 0 saturated carbocycles. The Balaban J connectivity index is 1.94. The van der Waals surface area contributed by atoms with E-state index in [1.807, 2.05) is 43.3 Å². The van der Waals surface area contributed by atoms with Gasteiger partial charge in [-0.05, 0) is 35.6 Å². The second-order valence-electron chi connectivity index (χ2n) is 5.94. The minimum absolute atomic E-state index is 0.0479. The van der Waals surface area contributed by atoms with Crippen molar-refractivity contribution in [1.82, 2.24) is 5.32 Å². The molecule has 2 aromatic rings. The van der Waals surface area contributed by atoms with E-state index in [1.165, 1.54) is 0 Å².